The highest BCUT2D eigenvalue weighted by atomic mass is 35.5. The van der Waals surface area contributed by atoms with Crippen LogP contribution in [0.25, 0.3) is 11.0 Å². The Morgan fingerprint density at radius 2 is 2.00 bits per heavy atom. The maximum atomic E-state index is 13.7. The molecule has 0 spiro atoms. The number of aromatic nitrogens is 1. The fourth-order valence-corrected chi connectivity index (χ4v) is 4.44. The maximum Gasteiger partial charge on any atom is 0.291 e. The van der Waals surface area contributed by atoms with Crippen molar-refractivity contribution in [3.63, 3.8) is 0 Å². The van der Waals surface area contributed by atoms with Gasteiger partial charge in [-0.1, -0.05) is 29.8 Å². The van der Waals surface area contributed by atoms with E-state index in [0.29, 0.717) is 33.9 Å². The molecule has 0 unspecified atom stereocenters. The molecule has 1 aliphatic heterocycles. The third-order valence-corrected chi connectivity index (χ3v) is 6.21. The van der Waals surface area contributed by atoms with Crippen LogP contribution in [0.1, 0.15) is 45.8 Å². The molecule has 33 heavy (non-hydrogen) atoms. The van der Waals surface area contributed by atoms with Crippen molar-refractivity contribution in [1.82, 2.24) is 9.88 Å². The third kappa shape index (κ3) is 3.66. The van der Waals surface area contributed by atoms with E-state index < -0.39 is 6.04 Å². The molecule has 0 fully saturated rings. The van der Waals surface area contributed by atoms with E-state index in [1.54, 1.807) is 29.4 Å². The summed E-state index contributed by atoms with van der Waals surface area (Å²) in [5.41, 5.74) is 2.78. The second kappa shape index (κ2) is 8.37. The summed E-state index contributed by atoms with van der Waals surface area (Å²) in [6.07, 6.45) is 3.38. The quantitative estimate of drug-likeness (QED) is 0.404. The van der Waals surface area contributed by atoms with Crippen LogP contribution < -0.4 is 10.2 Å². The highest BCUT2D eigenvalue weighted by molar-refractivity contribution is 6.32. The van der Waals surface area contributed by atoms with E-state index in [0.717, 1.165) is 16.7 Å². The van der Waals surface area contributed by atoms with Gasteiger partial charge in [-0.3, -0.25) is 14.6 Å². The van der Waals surface area contributed by atoms with Crippen LogP contribution in [0.5, 0.6) is 5.75 Å². The van der Waals surface area contributed by atoms with Crippen LogP contribution in [-0.2, 0) is 6.54 Å². The number of carbonyl (C=O) groups is 1. The summed E-state index contributed by atoms with van der Waals surface area (Å²) in [5, 5.41) is 0.826. The van der Waals surface area contributed by atoms with Gasteiger partial charge in [0.15, 0.2) is 5.43 Å². The van der Waals surface area contributed by atoms with E-state index >= 15 is 0 Å². The predicted molar refractivity (Wildman–Crippen MR) is 126 cm³/mol. The average molecular weight is 461 g/mol. The first-order chi connectivity index (χ1) is 16.0. The van der Waals surface area contributed by atoms with Crippen molar-refractivity contribution in [2.45, 2.75) is 26.4 Å². The van der Waals surface area contributed by atoms with Gasteiger partial charge in [0.05, 0.1) is 23.6 Å². The van der Waals surface area contributed by atoms with Crippen molar-refractivity contribution < 1.29 is 13.9 Å². The summed E-state index contributed by atoms with van der Waals surface area (Å²) in [5.74, 6) is 0.387. The van der Waals surface area contributed by atoms with Crippen molar-refractivity contribution in [2.75, 3.05) is 6.61 Å². The van der Waals surface area contributed by atoms with E-state index in [1.807, 2.05) is 50.2 Å². The van der Waals surface area contributed by atoms with Crippen LogP contribution in [0.4, 0.5) is 0 Å². The van der Waals surface area contributed by atoms with Crippen LogP contribution in [0, 0.1) is 6.92 Å². The zero-order valence-corrected chi connectivity index (χ0v) is 18.9. The number of aryl methyl sites for hydroxylation is 1. The van der Waals surface area contributed by atoms with Gasteiger partial charge in [-0.25, -0.2) is 0 Å². The van der Waals surface area contributed by atoms with Gasteiger partial charge in [0.25, 0.3) is 5.91 Å². The maximum absolute atomic E-state index is 13.7. The molecule has 1 atom stereocenters. The van der Waals surface area contributed by atoms with Gasteiger partial charge in [-0.05, 0) is 60.9 Å². The molecule has 1 aliphatic rings. The Kier molecular flexibility index (Phi) is 5.38. The van der Waals surface area contributed by atoms with Crippen LogP contribution in [-0.4, -0.2) is 22.4 Å². The third-order valence-electron chi connectivity index (χ3n) is 5.81. The number of fused-ring (bicyclic) bond motifs is 2. The summed E-state index contributed by atoms with van der Waals surface area (Å²) in [7, 11) is 0. The van der Waals surface area contributed by atoms with Crippen LogP contribution >= 0.6 is 11.6 Å². The molecule has 0 N–H and O–H groups in total. The van der Waals surface area contributed by atoms with E-state index in [-0.39, 0.29) is 23.6 Å². The smallest absolute Gasteiger partial charge is 0.291 e. The molecule has 3 heterocycles. The monoisotopic (exact) mass is 460 g/mol. The number of ether oxygens (including phenoxy) is 1. The van der Waals surface area contributed by atoms with E-state index in [9.17, 15) is 9.59 Å². The molecular formula is C26H21ClN2O4. The van der Waals surface area contributed by atoms with Crippen molar-refractivity contribution in [1.29, 1.82) is 0 Å². The summed E-state index contributed by atoms with van der Waals surface area (Å²) >= 11 is 6.30. The molecule has 1 amide bonds. The normalized spacial score (nSPS) is 15.2. The lowest BCUT2D eigenvalue weighted by molar-refractivity contribution is 0.0714. The van der Waals surface area contributed by atoms with Gasteiger partial charge in [-0.15, -0.1) is 0 Å². The lowest BCUT2D eigenvalue weighted by atomic mass is 9.98. The Labute approximate surface area is 195 Å². The summed E-state index contributed by atoms with van der Waals surface area (Å²) in [4.78, 5) is 33.0. The Morgan fingerprint density at radius 1 is 1.15 bits per heavy atom. The first-order valence-electron chi connectivity index (χ1n) is 10.7. The minimum atomic E-state index is -0.631. The minimum absolute atomic E-state index is 0.0601. The highest BCUT2D eigenvalue weighted by Crippen LogP contribution is 2.40. The Balaban J connectivity index is 1.74. The fraction of sp³-hybridized carbons (Fsp3) is 0.192. The van der Waals surface area contributed by atoms with Crippen LogP contribution in [0.3, 0.4) is 0 Å². The van der Waals surface area contributed by atoms with E-state index in [1.165, 1.54) is 0 Å². The van der Waals surface area contributed by atoms with Gasteiger partial charge in [0, 0.05) is 24.0 Å². The molecular weight excluding hydrogens is 440 g/mol. The number of rotatable bonds is 5. The number of carbonyl (C=O) groups excluding carboxylic acids is 1. The summed E-state index contributed by atoms with van der Waals surface area (Å²) in [6.45, 7) is 4.51. The van der Waals surface area contributed by atoms with Crippen LogP contribution in [0.15, 0.2) is 70.1 Å². The molecule has 2 aromatic heterocycles. The van der Waals surface area contributed by atoms with Crippen molar-refractivity contribution in [3.05, 3.63) is 104 Å². The Hall–Kier alpha value is -3.64. The molecule has 0 bridgehead atoms. The highest BCUT2D eigenvalue weighted by Gasteiger charge is 2.43. The fourth-order valence-electron chi connectivity index (χ4n) is 4.28. The summed E-state index contributed by atoms with van der Waals surface area (Å²) < 4.78 is 11.7. The minimum Gasteiger partial charge on any atom is -0.494 e. The first-order valence-corrected chi connectivity index (χ1v) is 11.0. The first kappa shape index (κ1) is 21.2. The lowest BCUT2D eigenvalue weighted by Crippen LogP contribution is -2.29. The van der Waals surface area contributed by atoms with Gasteiger partial charge in [0.2, 0.25) is 5.76 Å². The molecule has 166 valence electrons. The molecule has 7 heteroatoms. The second-order valence-corrected chi connectivity index (χ2v) is 8.38. The average Bonchev–Trinajstić information content (AvgIpc) is 3.08. The van der Waals surface area contributed by atoms with Gasteiger partial charge in [-0.2, -0.15) is 0 Å². The molecule has 0 radical (unpaired) electrons. The number of amides is 1. The van der Waals surface area contributed by atoms with E-state index in [4.69, 9.17) is 20.8 Å². The number of nitrogens with zero attached hydrogens (tertiary/aromatic N) is 2. The molecule has 0 saturated carbocycles. The zero-order valence-electron chi connectivity index (χ0n) is 18.2. The van der Waals surface area contributed by atoms with Crippen molar-refractivity contribution in [2.24, 2.45) is 0 Å². The van der Waals surface area contributed by atoms with Crippen molar-refractivity contribution >= 4 is 28.5 Å². The largest absolute Gasteiger partial charge is 0.494 e. The number of hydrogen-bond acceptors (Lipinski definition) is 5. The molecule has 5 rings (SSSR count). The number of benzene rings is 2. The van der Waals surface area contributed by atoms with Crippen molar-refractivity contribution in [3.8, 4) is 5.75 Å². The number of pyridine rings is 1. The topological polar surface area (TPSA) is 72.6 Å². The Morgan fingerprint density at radius 3 is 2.76 bits per heavy atom. The standard InChI is InChI=1S/C26H21ClN2O4/c1-3-32-18-8-4-7-17(11-18)23-22-24(30)19-12-20(27)15(2)10-21(19)33-25(22)26(31)29(23)14-16-6-5-9-28-13-16/h4-13,23H,3,14H2,1-2H3/t23-/m1/s1. The predicted octanol–water partition coefficient (Wildman–Crippen LogP) is 5.29. The van der Waals surface area contributed by atoms with Crippen LogP contribution in [0.2, 0.25) is 5.02 Å². The molecule has 0 saturated heterocycles. The number of hydrogen-bond donors (Lipinski definition) is 0. The number of halogens is 1. The molecule has 2 aromatic carbocycles. The van der Waals surface area contributed by atoms with Gasteiger partial charge in [0.1, 0.15) is 11.3 Å². The zero-order chi connectivity index (χ0) is 23.1. The lowest BCUT2D eigenvalue weighted by Gasteiger charge is -2.25. The van der Waals surface area contributed by atoms with Gasteiger partial charge >= 0.3 is 0 Å². The summed E-state index contributed by atoms with van der Waals surface area (Å²) in [6, 6.07) is 13.8. The van der Waals surface area contributed by atoms with Gasteiger partial charge < -0.3 is 14.1 Å². The second-order valence-electron chi connectivity index (χ2n) is 7.97. The van der Waals surface area contributed by atoms with E-state index in [2.05, 4.69) is 4.98 Å². The molecule has 0 aliphatic carbocycles. The Bertz CT molecular complexity index is 1430. The molecule has 6 nitrogen and oxygen atoms in total. The SMILES string of the molecule is CCOc1cccc([C@@H]2c3c(oc4cc(C)c(Cl)cc4c3=O)C(=O)N2Cc2cccnc2)c1. The molecule has 4 aromatic rings.